The number of halogens is 1. The van der Waals surface area contributed by atoms with E-state index in [-0.39, 0.29) is 5.91 Å². The van der Waals surface area contributed by atoms with Gasteiger partial charge in [0, 0.05) is 22.3 Å². The fourth-order valence-electron chi connectivity index (χ4n) is 1.35. The van der Waals surface area contributed by atoms with Crippen molar-refractivity contribution >= 4 is 23.2 Å². The maximum Gasteiger partial charge on any atom is 0.251 e. The highest BCUT2D eigenvalue weighted by atomic mass is 35.5. The molecule has 0 unspecified atom stereocenters. The molecule has 0 aliphatic rings. The Kier molecular flexibility index (Phi) is 3.30. The predicted octanol–water partition coefficient (Wildman–Crippen LogP) is 1.84. The van der Waals surface area contributed by atoms with Crippen molar-refractivity contribution < 1.29 is 9.32 Å². The normalized spacial score (nSPS) is 10.2. The van der Waals surface area contributed by atoms with E-state index in [1.54, 1.807) is 24.3 Å². The van der Waals surface area contributed by atoms with E-state index in [0.29, 0.717) is 28.5 Å². The van der Waals surface area contributed by atoms with E-state index < -0.39 is 0 Å². The molecule has 5 nitrogen and oxygen atoms in total. The van der Waals surface area contributed by atoms with Crippen LogP contribution in [-0.4, -0.2) is 11.1 Å². The third kappa shape index (κ3) is 2.98. The number of amides is 1. The van der Waals surface area contributed by atoms with E-state index in [1.807, 2.05) is 0 Å². The molecule has 0 aliphatic carbocycles. The number of hydrogen-bond donors (Lipinski definition) is 2. The van der Waals surface area contributed by atoms with Crippen molar-refractivity contribution in [2.24, 2.45) is 0 Å². The minimum atomic E-state index is -0.262. The highest BCUT2D eigenvalue weighted by Gasteiger charge is 2.07. The minimum absolute atomic E-state index is 0.262. The van der Waals surface area contributed by atoms with Crippen molar-refractivity contribution in [1.82, 2.24) is 10.5 Å². The van der Waals surface area contributed by atoms with E-state index in [9.17, 15) is 4.79 Å². The summed E-state index contributed by atoms with van der Waals surface area (Å²) in [6, 6.07) is 6.36. The third-order valence-electron chi connectivity index (χ3n) is 2.10. The quantitative estimate of drug-likeness (QED) is 0.816. The Morgan fingerprint density at radius 3 is 2.94 bits per heavy atom. The molecule has 1 aromatic heterocycles. The summed E-state index contributed by atoms with van der Waals surface area (Å²) in [6.07, 6.45) is 1.44. The van der Waals surface area contributed by atoms with Crippen LogP contribution >= 0.6 is 11.6 Å². The molecule has 17 heavy (non-hydrogen) atoms. The van der Waals surface area contributed by atoms with Gasteiger partial charge in [-0.2, -0.15) is 0 Å². The molecule has 0 atom stereocenters. The summed E-state index contributed by atoms with van der Waals surface area (Å²) in [7, 11) is 0. The SMILES string of the molecule is Nc1cc(Cl)cc(C(=O)NCc2ccon2)c1. The zero-order valence-electron chi connectivity index (χ0n) is 8.81. The molecule has 1 amide bonds. The average Bonchev–Trinajstić information content (AvgIpc) is 2.77. The Labute approximate surface area is 103 Å². The molecule has 1 aromatic carbocycles. The van der Waals surface area contributed by atoms with Crippen molar-refractivity contribution in [2.75, 3.05) is 5.73 Å². The van der Waals surface area contributed by atoms with E-state index >= 15 is 0 Å². The van der Waals surface area contributed by atoms with Gasteiger partial charge in [-0.1, -0.05) is 16.8 Å². The number of nitrogens with zero attached hydrogens (tertiary/aromatic N) is 1. The van der Waals surface area contributed by atoms with E-state index in [1.165, 1.54) is 6.26 Å². The van der Waals surface area contributed by atoms with Crippen LogP contribution in [0.25, 0.3) is 0 Å². The number of rotatable bonds is 3. The summed E-state index contributed by atoms with van der Waals surface area (Å²) in [5, 5.41) is 6.78. The van der Waals surface area contributed by atoms with Crippen LogP contribution in [0.15, 0.2) is 35.1 Å². The van der Waals surface area contributed by atoms with Gasteiger partial charge in [0.1, 0.15) is 12.0 Å². The van der Waals surface area contributed by atoms with E-state index in [0.717, 1.165) is 0 Å². The molecule has 0 radical (unpaired) electrons. The number of carbonyl (C=O) groups excluding carboxylic acids is 1. The molecule has 0 spiro atoms. The topological polar surface area (TPSA) is 81.2 Å². The lowest BCUT2D eigenvalue weighted by Gasteiger charge is -2.04. The summed E-state index contributed by atoms with van der Waals surface area (Å²) in [5.74, 6) is -0.262. The first-order valence-corrected chi connectivity index (χ1v) is 5.26. The van der Waals surface area contributed by atoms with Gasteiger partial charge in [-0.3, -0.25) is 4.79 Å². The Morgan fingerprint density at radius 1 is 1.47 bits per heavy atom. The molecule has 0 aliphatic heterocycles. The molecule has 1 heterocycles. The van der Waals surface area contributed by atoms with E-state index in [4.69, 9.17) is 17.3 Å². The van der Waals surface area contributed by atoms with Crippen LogP contribution in [0, 0.1) is 0 Å². The second kappa shape index (κ2) is 4.88. The van der Waals surface area contributed by atoms with Crippen molar-refractivity contribution in [3.8, 4) is 0 Å². The van der Waals surface area contributed by atoms with Crippen LogP contribution in [0.3, 0.4) is 0 Å². The number of nitrogens with one attached hydrogen (secondary N) is 1. The van der Waals surface area contributed by atoms with Gasteiger partial charge in [-0.15, -0.1) is 0 Å². The fourth-order valence-corrected chi connectivity index (χ4v) is 1.59. The number of aromatic nitrogens is 1. The Hall–Kier alpha value is -2.01. The van der Waals surface area contributed by atoms with Crippen LogP contribution in [0.5, 0.6) is 0 Å². The zero-order valence-corrected chi connectivity index (χ0v) is 9.57. The first kappa shape index (κ1) is 11.5. The van der Waals surface area contributed by atoms with E-state index in [2.05, 4.69) is 15.0 Å². The van der Waals surface area contributed by atoms with Crippen molar-refractivity contribution in [3.63, 3.8) is 0 Å². The Morgan fingerprint density at radius 2 is 2.29 bits per heavy atom. The molecule has 6 heteroatoms. The first-order valence-electron chi connectivity index (χ1n) is 4.88. The fraction of sp³-hybridized carbons (Fsp3) is 0.0909. The van der Waals surface area contributed by atoms with Crippen molar-refractivity contribution in [2.45, 2.75) is 6.54 Å². The molecule has 0 saturated heterocycles. The number of nitrogens with two attached hydrogens (primary N) is 1. The summed E-state index contributed by atoms with van der Waals surface area (Å²) < 4.78 is 4.65. The minimum Gasteiger partial charge on any atom is -0.399 e. The van der Waals surface area contributed by atoms with Gasteiger partial charge in [0.2, 0.25) is 0 Å². The van der Waals surface area contributed by atoms with Crippen molar-refractivity contribution in [1.29, 1.82) is 0 Å². The summed E-state index contributed by atoms with van der Waals surface area (Å²) in [4.78, 5) is 11.8. The van der Waals surface area contributed by atoms with Gasteiger partial charge in [0.25, 0.3) is 5.91 Å². The average molecular weight is 252 g/mol. The molecule has 2 rings (SSSR count). The maximum atomic E-state index is 11.8. The van der Waals surface area contributed by atoms with Crippen LogP contribution in [0.4, 0.5) is 5.69 Å². The van der Waals surface area contributed by atoms with Gasteiger partial charge in [-0.05, 0) is 18.2 Å². The molecule has 0 bridgehead atoms. The summed E-state index contributed by atoms with van der Waals surface area (Å²) in [5.41, 5.74) is 7.11. The van der Waals surface area contributed by atoms with Crippen LogP contribution in [-0.2, 0) is 6.54 Å². The number of hydrogen-bond acceptors (Lipinski definition) is 4. The molecular weight excluding hydrogens is 242 g/mol. The lowest BCUT2D eigenvalue weighted by Crippen LogP contribution is -2.23. The van der Waals surface area contributed by atoms with Crippen LogP contribution in [0.2, 0.25) is 5.02 Å². The molecule has 0 saturated carbocycles. The summed E-state index contributed by atoms with van der Waals surface area (Å²) in [6.45, 7) is 0.293. The smallest absolute Gasteiger partial charge is 0.251 e. The van der Waals surface area contributed by atoms with Gasteiger partial charge < -0.3 is 15.6 Å². The van der Waals surface area contributed by atoms with Crippen LogP contribution < -0.4 is 11.1 Å². The Bertz CT molecular complexity index is 505. The van der Waals surface area contributed by atoms with Crippen LogP contribution in [0.1, 0.15) is 16.1 Å². The number of nitrogen functional groups attached to an aromatic ring is 1. The van der Waals surface area contributed by atoms with Crippen molar-refractivity contribution in [3.05, 3.63) is 46.8 Å². The monoisotopic (exact) mass is 251 g/mol. The molecular formula is C11H10ClN3O2. The second-order valence-electron chi connectivity index (χ2n) is 3.45. The standard InChI is InChI=1S/C11H10ClN3O2/c12-8-3-7(4-9(13)5-8)11(16)14-6-10-1-2-17-15-10/h1-5H,6,13H2,(H,14,16). The first-order chi connectivity index (χ1) is 8.15. The largest absolute Gasteiger partial charge is 0.399 e. The zero-order chi connectivity index (χ0) is 12.3. The highest BCUT2D eigenvalue weighted by Crippen LogP contribution is 2.16. The lowest BCUT2D eigenvalue weighted by atomic mass is 10.2. The number of carbonyl (C=O) groups is 1. The highest BCUT2D eigenvalue weighted by molar-refractivity contribution is 6.31. The number of anilines is 1. The van der Waals surface area contributed by atoms with Gasteiger partial charge in [-0.25, -0.2) is 0 Å². The molecule has 3 N–H and O–H groups in total. The molecule has 88 valence electrons. The Balaban J connectivity index is 2.04. The van der Waals surface area contributed by atoms with Gasteiger partial charge >= 0.3 is 0 Å². The number of benzene rings is 1. The third-order valence-corrected chi connectivity index (χ3v) is 2.32. The predicted molar refractivity (Wildman–Crippen MR) is 63.5 cm³/mol. The summed E-state index contributed by atoms with van der Waals surface area (Å²) >= 11 is 5.81. The molecule has 2 aromatic rings. The second-order valence-corrected chi connectivity index (χ2v) is 3.88. The maximum absolute atomic E-state index is 11.8. The molecule has 0 fully saturated rings. The van der Waals surface area contributed by atoms with Gasteiger partial charge in [0.05, 0.1) is 6.54 Å². The lowest BCUT2D eigenvalue weighted by molar-refractivity contribution is 0.0950. The van der Waals surface area contributed by atoms with Gasteiger partial charge in [0.15, 0.2) is 0 Å².